The van der Waals surface area contributed by atoms with Crippen molar-refractivity contribution in [2.45, 2.75) is 36.9 Å². The second-order valence-corrected chi connectivity index (χ2v) is 13.8. The monoisotopic (exact) mass is 808 g/mol. The van der Waals surface area contributed by atoms with Crippen LogP contribution in [0.3, 0.4) is 0 Å². The van der Waals surface area contributed by atoms with Crippen LogP contribution in [-0.2, 0) is 20.8 Å². The van der Waals surface area contributed by atoms with Crippen LogP contribution in [-0.4, -0.2) is 148 Å². The molecule has 3 heterocycles. The summed E-state index contributed by atoms with van der Waals surface area (Å²) in [5.41, 5.74) is 1.82. The standard InChI is InChI=1S/C37H38ClFN8O10/c38-25-9-10-27(47-19-40-42-43-47)24(32(25)39)8-11-30(51)46-13-12-22-23(33(46)36(55)41-21-6-4-20(5-7-21)37(56)57)2-1-3-26(22)45-15-14-44(17-31(45)52)16-28(49)34(53)35(54)29(50)18-48/h1-11,19,28-29,33-35,48-50,53-54H,12-18H2,(H,41,55)(H,56,57)/b11-8+/t28?,29?,33-,34?,35?/m0/s1. The summed E-state index contributed by atoms with van der Waals surface area (Å²) < 4.78 is 16.5. The number of aromatic carboxylic acids is 1. The highest BCUT2D eigenvalue weighted by Gasteiger charge is 2.39. The SMILES string of the molecule is O=C(O)c1ccc(NC(=O)[C@@H]2c3cccc(N4CCN(CC(O)C(O)C(O)C(O)CO)CC4=O)c3CCN2C(=O)/C=C/c2c(-n3cnnn3)ccc(Cl)c2F)cc1. The molecule has 0 aliphatic carbocycles. The van der Waals surface area contributed by atoms with Gasteiger partial charge in [-0.25, -0.2) is 9.18 Å². The van der Waals surface area contributed by atoms with Crippen LogP contribution >= 0.6 is 11.6 Å². The number of rotatable bonds is 13. The number of aliphatic hydroxyl groups is 5. The fourth-order valence-corrected chi connectivity index (χ4v) is 7.00. The Hall–Kier alpha value is -5.67. The molecule has 2 aliphatic heterocycles. The number of aliphatic hydroxyl groups excluding tert-OH is 5. The first-order valence-corrected chi connectivity index (χ1v) is 18.0. The molecule has 18 nitrogen and oxygen atoms in total. The number of fused-ring (bicyclic) bond motifs is 1. The van der Waals surface area contributed by atoms with Crippen molar-refractivity contribution in [3.63, 3.8) is 0 Å². The average Bonchev–Trinajstić information content (AvgIpc) is 3.75. The number of halogens is 2. The highest BCUT2D eigenvalue weighted by molar-refractivity contribution is 6.31. The van der Waals surface area contributed by atoms with E-state index in [9.17, 15) is 44.7 Å². The number of benzene rings is 3. The molecule has 1 saturated heterocycles. The van der Waals surface area contributed by atoms with Gasteiger partial charge in [0.25, 0.3) is 5.91 Å². The third-order valence-electron chi connectivity index (χ3n) is 9.79. The average molecular weight is 809 g/mol. The van der Waals surface area contributed by atoms with Crippen LogP contribution in [0.2, 0.25) is 5.02 Å². The number of hydrogen-bond acceptors (Lipinski definition) is 13. The highest BCUT2D eigenvalue weighted by atomic mass is 35.5. The van der Waals surface area contributed by atoms with E-state index in [4.69, 9.17) is 16.7 Å². The molecule has 1 aromatic heterocycles. The molecule has 3 amide bonds. The predicted molar refractivity (Wildman–Crippen MR) is 200 cm³/mol. The number of hydrogen-bond donors (Lipinski definition) is 7. The Kier molecular flexibility index (Phi) is 12.7. The van der Waals surface area contributed by atoms with Gasteiger partial charge in [0.1, 0.15) is 30.7 Å². The number of carbonyl (C=O) groups is 4. The molecule has 6 rings (SSSR count). The first kappa shape index (κ1) is 41.0. The molecular formula is C37H38ClFN8O10. The van der Waals surface area contributed by atoms with Crippen LogP contribution in [0.25, 0.3) is 11.8 Å². The molecule has 300 valence electrons. The van der Waals surface area contributed by atoms with E-state index < -0.39 is 60.7 Å². The number of amides is 3. The number of aromatic nitrogens is 4. The van der Waals surface area contributed by atoms with Crippen LogP contribution in [0, 0.1) is 5.82 Å². The smallest absolute Gasteiger partial charge is 0.335 e. The number of nitrogens with one attached hydrogen (secondary N) is 1. The van der Waals surface area contributed by atoms with E-state index in [0.717, 1.165) is 6.08 Å². The van der Waals surface area contributed by atoms with Crippen LogP contribution in [0.5, 0.6) is 0 Å². The second kappa shape index (κ2) is 17.6. The Morgan fingerprint density at radius 3 is 2.37 bits per heavy atom. The van der Waals surface area contributed by atoms with Crippen LogP contribution in [0.15, 0.2) is 67.0 Å². The molecule has 3 aromatic carbocycles. The topological polar surface area (TPSA) is 255 Å². The summed E-state index contributed by atoms with van der Waals surface area (Å²) in [7, 11) is 0. The van der Waals surface area contributed by atoms with Gasteiger partial charge in [-0.3, -0.25) is 19.3 Å². The molecule has 0 spiro atoms. The van der Waals surface area contributed by atoms with Gasteiger partial charge in [0.05, 0.1) is 35.5 Å². The van der Waals surface area contributed by atoms with E-state index in [1.54, 1.807) is 23.1 Å². The Labute approximate surface area is 328 Å². The largest absolute Gasteiger partial charge is 0.478 e. The second-order valence-electron chi connectivity index (χ2n) is 13.4. The summed E-state index contributed by atoms with van der Waals surface area (Å²) >= 11 is 6.07. The molecule has 2 aliphatic rings. The maximum absolute atomic E-state index is 15.3. The molecular weight excluding hydrogens is 771 g/mol. The van der Waals surface area contributed by atoms with Gasteiger partial charge in [0.2, 0.25) is 11.8 Å². The Morgan fingerprint density at radius 2 is 1.70 bits per heavy atom. The number of carbonyl (C=O) groups excluding carboxylic acids is 3. The number of tetrazole rings is 1. The van der Waals surface area contributed by atoms with Crippen molar-refractivity contribution in [3.05, 3.63) is 100 Å². The Balaban J connectivity index is 1.28. The molecule has 4 unspecified atom stereocenters. The number of nitrogens with zero attached hydrogens (tertiary/aromatic N) is 7. The summed E-state index contributed by atoms with van der Waals surface area (Å²) in [5.74, 6) is -3.70. The van der Waals surface area contributed by atoms with E-state index in [1.807, 2.05) is 0 Å². The minimum atomic E-state index is -1.82. The minimum absolute atomic E-state index is 0.00887. The molecule has 0 saturated carbocycles. The number of carboxylic acid groups (broad SMARTS) is 1. The van der Waals surface area contributed by atoms with Gasteiger partial charge in [-0.15, -0.1) is 5.10 Å². The van der Waals surface area contributed by atoms with Crippen molar-refractivity contribution in [3.8, 4) is 5.69 Å². The fraction of sp³-hybridized carbons (Fsp3) is 0.324. The van der Waals surface area contributed by atoms with Crippen molar-refractivity contribution >= 4 is 52.7 Å². The van der Waals surface area contributed by atoms with Crippen molar-refractivity contribution < 1.29 is 54.2 Å². The predicted octanol–water partition coefficient (Wildman–Crippen LogP) is 0.0154. The molecule has 5 atom stereocenters. The zero-order chi connectivity index (χ0) is 41.0. The minimum Gasteiger partial charge on any atom is -0.478 e. The number of piperazine rings is 1. The lowest BCUT2D eigenvalue weighted by Crippen LogP contribution is -2.55. The van der Waals surface area contributed by atoms with Gasteiger partial charge in [-0.05, 0) is 76.5 Å². The van der Waals surface area contributed by atoms with Gasteiger partial charge in [-0.1, -0.05) is 23.7 Å². The van der Waals surface area contributed by atoms with Gasteiger partial charge in [0.15, 0.2) is 5.82 Å². The number of β-amino-alcohol motifs (C(OH)–C–C–N with tert-alkyl or cyclic N) is 1. The lowest BCUT2D eigenvalue weighted by atomic mass is 9.89. The van der Waals surface area contributed by atoms with E-state index in [-0.39, 0.29) is 72.6 Å². The normalized spacial score (nSPS) is 18.2. The van der Waals surface area contributed by atoms with E-state index in [1.165, 1.54) is 63.3 Å². The number of anilines is 2. The Morgan fingerprint density at radius 1 is 0.965 bits per heavy atom. The van der Waals surface area contributed by atoms with E-state index >= 15 is 4.39 Å². The van der Waals surface area contributed by atoms with Crippen molar-refractivity contribution in [2.75, 3.05) is 49.5 Å². The van der Waals surface area contributed by atoms with Crippen LogP contribution < -0.4 is 10.2 Å². The lowest BCUT2D eigenvalue weighted by molar-refractivity contribution is -0.135. The van der Waals surface area contributed by atoms with Gasteiger partial charge in [0, 0.05) is 49.2 Å². The van der Waals surface area contributed by atoms with E-state index in [2.05, 4.69) is 20.8 Å². The zero-order valence-corrected chi connectivity index (χ0v) is 30.7. The maximum atomic E-state index is 15.3. The molecule has 7 N–H and O–H groups in total. The van der Waals surface area contributed by atoms with Gasteiger partial charge >= 0.3 is 5.97 Å². The molecule has 20 heteroatoms. The molecule has 1 fully saturated rings. The zero-order valence-electron chi connectivity index (χ0n) is 30.0. The third-order valence-corrected chi connectivity index (χ3v) is 10.1. The summed E-state index contributed by atoms with van der Waals surface area (Å²) in [6.45, 7) is -0.893. The van der Waals surface area contributed by atoms with Gasteiger partial charge < -0.3 is 45.8 Å². The lowest BCUT2D eigenvalue weighted by Gasteiger charge is -2.40. The quantitative estimate of drug-likeness (QED) is 0.0880. The van der Waals surface area contributed by atoms with Crippen molar-refractivity contribution in [2.24, 2.45) is 0 Å². The molecule has 4 aromatic rings. The van der Waals surface area contributed by atoms with Crippen molar-refractivity contribution in [1.82, 2.24) is 30.0 Å². The summed E-state index contributed by atoms with van der Waals surface area (Å²) in [6.07, 6.45) is -3.10. The highest BCUT2D eigenvalue weighted by Crippen LogP contribution is 2.37. The summed E-state index contributed by atoms with van der Waals surface area (Å²) in [5, 5.41) is 72.3. The Bertz CT molecular complexity index is 2160. The first-order valence-electron chi connectivity index (χ1n) is 17.6. The molecule has 0 radical (unpaired) electrons. The van der Waals surface area contributed by atoms with Crippen LogP contribution in [0.4, 0.5) is 15.8 Å². The molecule has 57 heavy (non-hydrogen) atoms. The van der Waals surface area contributed by atoms with E-state index in [0.29, 0.717) is 16.8 Å². The fourth-order valence-electron chi connectivity index (χ4n) is 6.83. The summed E-state index contributed by atoms with van der Waals surface area (Å²) in [6, 6.07) is 11.9. The van der Waals surface area contributed by atoms with Crippen molar-refractivity contribution in [1.29, 1.82) is 0 Å². The first-order chi connectivity index (χ1) is 27.3. The van der Waals surface area contributed by atoms with Crippen LogP contribution in [0.1, 0.15) is 33.1 Å². The molecule has 0 bridgehead atoms. The number of carboxylic acids is 1. The summed E-state index contributed by atoms with van der Waals surface area (Å²) in [4.78, 5) is 57.6. The third kappa shape index (κ3) is 8.84. The maximum Gasteiger partial charge on any atom is 0.335 e. The van der Waals surface area contributed by atoms with Gasteiger partial charge in [-0.2, -0.15) is 4.68 Å².